The summed E-state index contributed by atoms with van der Waals surface area (Å²) < 4.78 is 5.61. The zero-order valence-electron chi connectivity index (χ0n) is 17.2. The molecule has 2 aromatic carbocycles. The summed E-state index contributed by atoms with van der Waals surface area (Å²) in [5.74, 6) is 2.52. The van der Waals surface area contributed by atoms with Gasteiger partial charge in [0.1, 0.15) is 22.2 Å². The molecule has 4 rings (SSSR count). The Morgan fingerprint density at radius 3 is 2.45 bits per heavy atom. The van der Waals surface area contributed by atoms with Crippen LogP contribution < -0.4 is 10.1 Å². The van der Waals surface area contributed by atoms with Crippen LogP contribution in [-0.2, 0) is 6.42 Å². The van der Waals surface area contributed by atoms with E-state index in [-0.39, 0.29) is 0 Å². The minimum atomic E-state index is 0.664. The lowest BCUT2D eigenvalue weighted by Crippen LogP contribution is -2.00. The molecule has 0 radical (unpaired) electrons. The van der Waals surface area contributed by atoms with Crippen molar-refractivity contribution in [3.05, 3.63) is 64.8 Å². The molecule has 0 saturated heterocycles. The fourth-order valence-electron chi connectivity index (χ4n) is 3.62. The molecular weight excluding hydrogens is 378 g/mol. The molecule has 148 valence electrons. The molecule has 0 aliphatic rings. The Kier molecular flexibility index (Phi) is 5.49. The van der Waals surface area contributed by atoms with E-state index in [1.807, 2.05) is 26.0 Å². The van der Waals surface area contributed by atoms with E-state index in [4.69, 9.17) is 14.7 Å². The smallest absolute Gasteiger partial charge is 0.143 e. The molecule has 2 aromatic heterocycles. The van der Waals surface area contributed by atoms with Gasteiger partial charge in [-0.2, -0.15) is 0 Å². The van der Waals surface area contributed by atoms with Crippen molar-refractivity contribution >= 4 is 33.1 Å². The summed E-state index contributed by atoms with van der Waals surface area (Å²) in [6.07, 6.45) is 0.963. The highest BCUT2D eigenvalue weighted by atomic mass is 32.1. The van der Waals surface area contributed by atoms with E-state index in [0.717, 1.165) is 45.3 Å². The second-order valence-corrected chi connectivity index (χ2v) is 8.13. The van der Waals surface area contributed by atoms with Crippen LogP contribution in [0.25, 0.3) is 21.3 Å². The zero-order chi connectivity index (χ0) is 20.4. The first-order valence-corrected chi connectivity index (χ1v) is 10.8. The molecule has 0 amide bonds. The molecule has 0 unspecified atom stereocenters. The molecule has 4 nitrogen and oxygen atoms in total. The van der Waals surface area contributed by atoms with Crippen LogP contribution in [0.2, 0.25) is 0 Å². The second-order valence-electron chi connectivity index (χ2n) is 6.93. The first-order valence-electron chi connectivity index (χ1n) is 9.96. The van der Waals surface area contributed by atoms with Crippen LogP contribution in [0.5, 0.6) is 5.75 Å². The van der Waals surface area contributed by atoms with Crippen molar-refractivity contribution in [2.24, 2.45) is 0 Å². The maximum atomic E-state index is 5.61. The SMILES string of the molecule is CCOc1ccc(-c2c(C)sc3nc(C)nc(Nc4ccccc4CC)c23)cc1. The molecule has 0 bridgehead atoms. The highest BCUT2D eigenvalue weighted by Crippen LogP contribution is 2.42. The number of fused-ring (bicyclic) bond motifs is 1. The van der Waals surface area contributed by atoms with Crippen LogP contribution in [-0.4, -0.2) is 16.6 Å². The molecule has 29 heavy (non-hydrogen) atoms. The molecule has 0 aliphatic carbocycles. The van der Waals surface area contributed by atoms with Crippen LogP contribution in [0.15, 0.2) is 48.5 Å². The third-order valence-electron chi connectivity index (χ3n) is 4.94. The Morgan fingerprint density at radius 2 is 1.72 bits per heavy atom. The van der Waals surface area contributed by atoms with Gasteiger partial charge in [-0.15, -0.1) is 11.3 Å². The van der Waals surface area contributed by atoms with Gasteiger partial charge in [-0.3, -0.25) is 0 Å². The van der Waals surface area contributed by atoms with Gasteiger partial charge in [0, 0.05) is 16.1 Å². The minimum absolute atomic E-state index is 0.664. The van der Waals surface area contributed by atoms with Crippen LogP contribution in [0, 0.1) is 13.8 Å². The fraction of sp³-hybridized carbons (Fsp3) is 0.250. The Labute approximate surface area is 175 Å². The average molecular weight is 404 g/mol. The number of ether oxygens (including phenoxy) is 1. The molecule has 0 fully saturated rings. The number of para-hydroxylation sites is 1. The lowest BCUT2D eigenvalue weighted by molar-refractivity contribution is 0.340. The van der Waals surface area contributed by atoms with Gasteiger partial charge in [-0.1, -0.05) is 37.3 Å². The largest absolute Gasteiger partial charge is 0.494 e. The van der Waals surface area contributed by atoms with E-state index in [0.29, 0.717) is 6.61 Å². The third-order valence-corrected chi connectivity index (χ3v) is 5.94. The van der Waals surface area contributed by atoms with E-state index in [2.05, 4.69) is 55.6 Å². The molecule has 0 spiro atoms. The number of thiophene rings is 1. The van der Waals surface area contributed by atoms with Crippen molar-refractivity contribution in [1.29, 1.82) is 0 Å². The van der Waals surface area contributed by atoms with Crippen molar-refractivity contribution < 1.29 is 4.74 Å². The van der Waals surface area contributed by atoms with E-state index in [1.54, 1.807) is 11.3 Å². The Bertz CT molecular complexity index is 1150. The number of nitrogens with zero attached hydrogens (tertiary/aromatic N) is 2. The van der Waals surface area contributed by atoms with E-state index in [9.17, 15) is 0 Å². The van der Waals surface area contributed by atoms with Crippen LogP contribution >= 0.6 is 11.3 Å². The lowest BCUT2D eigenvalue weighted by Gasteiger charge is -2.13. The van der Waals surface area contributed by atoms with Gasteiger partial charge < -0.3 is 10.1 Å². The van der Waals surface area contributed by atoms with E-state index in [1.165, 1.54) is 16.0 Å². The van der Waals surface area contributed by atoms with Crippen LogP contribution in [0.3, 0.4) is 0 Å². The third kappa shape index (κ3) is 3.83. The number of anilines is 2. The molecule has 0 saturated carbocycles. The number of hydrogen-bond acceptors (Lipinski definition) is 5. The maximum absolute atomic E-state index is 5.61. The monoisotopic (exact) mass is 403 g/mol. The summed E-state index contributed by atoms with van der Waals surface area (Å²) in [4.78, 5) is 11.7. The highest BCUT2D eigenvalue weighted by Gasteiger charge is 2.18. The van der Waals surface area contributed by atoms with Gasteiger partial charge >= 0.3 is 0 Å². The molecular formula is C24H25N3OS. The molecule has 0 aliphatic heterocycles. The summed E-state index contributed by atoms with van der Waals surface area (Å²) in [5.41, 5.74) is 4.70. The van der Waals surface area contributed by atoms with Gasteiger partial charge in [0.2, 0.25) is 0 Å². The first-order chi connectivity index (χ1) is 14.1. The molecule has 4 aromatic rings. The van der Waals surface area contributed by atoms with Crippen molar-refractivity contribution in [2.75, 3.05) is 11.9 Å². The van der Waals surface area contributed by atoms with Gasteiger partial charge in [0.25, 0.3) is 0 Å². The Morgan fingerprint density at radius 1 is 0.966 bits per heavy atom. The number of hydrogen-bond donors (Lipinski definition) is 1. The first kappa shape index (κ1) is 19.4. The van der Waals surface area contributed by atoms with Gasteiger partial charge in [0.05, 0.1) is 12.0 Å². The Hall–Kier alpha value is -2.92. The number of aromatic nitrogens is 2. The van der Waals surface area contributed by atoms with Crippen LogP contribution in [0.1, 0.15) is 30.1 Å². The Balaban J connectivity index is 1.87. The topological polar surface area (TPSA) is 47.0 Å². The summed E-state index contributed by atoms with van der Waals surface area (Å²) in [6.45, 7) is 8.93. The predicted molar refractivity (Wildman–Crippen MR) is 123 cm³/mol. The highest BCUT2D eigenvalue weighted by molar-refractivity contribution is 7.19. The summed E-state index contributed by atoms with van der Waals surface area (Å²) in [7, 11) is 0. The number of rotatable bonds is 6. The maximum Gasteiger partial charge on any atom is 0.143 e. The normalized spacial score (nSPS) is 11.0. The van der Waals surface area contributed by atoms with Gasteiger partial charge in [0.15, 0.2) is 0 Å². The van der Waals surface area contributed by atoms with Crippen molar-refractivity contribution in [3.8, 4) is 16.9 Å². The zero-order valence-corrected chi connectivity index (χ0v) is 18.1. The van der Waals surface area contributed by atoms with Gasteiger partial charge in [-0.05, 0) is 56.5 Å². The quantitative estimate of drug-likeness (QED) is 0.390. The predicted octanol–water partition coefficient (Wildman–Crippen LogP) is 6.68. The molecule has 5 heteroatoms. The summed E-state index contributed by atoms with van der Waals surface area (Å²) in [6, 6.07) is 16.7. The molecule has 1 N–H and O–H groups in total. The van der Waals surface area contributed by atoms with Crippen molar-refractivity contribution in [2.45, 2.75) is 34.1 Å². The fourth-order valence-corrected chi connectivity index (χ4v) is 4.71. The van der Waals surface area contributed by atoms with Crippen LogP contribution in [0.4, 0.5) is 11.5 Å². The van der Waals surface area contributed by atoms with Crippen molar-refractivity contribution in [3.63, 3.8) is 0 Å². The lowest BCUT2D eigenvalue weighted by atomic mass is 10.0. The van der Waals surface area contributed by atoms with E-state index >= 15 is 0 Å². The molecule has 2 heterocycles. The average Bonchev–Trinajstić information content (AvgIpc) is 3.05. The minimum Gasteiger partial charge on any atom is -0.494 e. The number of aryl methyl sites for hydroxylation is 3. The summed E-state index contributed by atoms with van der Waals surface area (Å²) >= 11 is 1.71. The summed E-state index contributed by atoms with van der Waals surface area (Å²) in [5, 5.41) is 4.67. The number of benzene rings is 2. The van der Waals surface area contributed by atoms with Gasteiger partial charge in [-0.25, -0.2) is 9.97 Å². The van der Waals surface area contributed by atoms with E-state index < -0.39 is 0 Å². The van der Waals surface area contributed by atoms with Crippen molar-refractivity contribution in [1.82, 2.24) is 9.97 Å². The second kappa shape index (κ2) is 8.21. The molecule has 0 atom stereocenters. The standard InChI is InChI=1S/C24H25N3OS/c1-5-17-9-7-8-10-20(17)27-23-22-21(15(3)29-24(22)26-16(4)25-23)18-11-13-19(14-12-18)28-6-2/h7-14H,5-6H2,1-4H3,(H,25,26,27). The number of nitrogens with one attached hydrogen (secondary N) is 1.